The van der Waals surface area contributed by atoms with E-state index < -0.39 is 0 Å². The van der Waals surface area contributed by atoms with Crippen molar-refractivity contribution in [2.75, 3.05) is 11.9 Å². The fourth-order valence-corrected chi connectivity index (χ4v) is 3.07. The zero-order valence-electron chi connectivity index (χ0n) is 10.7. The van der Waals surface area contributed by atoms with Gasteiger partial charge in [-0.15, -0.1) is 0 Å². The molecule has 4 heteroatoms. The van der Waals surface area contributed by atoms with Crippen LogP contribution in [0.1, 0.15) is 11.1 Å². The van der Waals surface area contributed by atoms with Gasteiger partial charge in [0.05, 0.1) is 0 Å². The molecule has 0 fully saturated rings. The molecule has 0 aromatic heterocycles. The molecule has 0 bridgehead atoms. The lowest BCUT2D eigenvalue weighted by Gasteiger charge is -2.23. The predicted octanol–water partition coefficient (Wildman–Crippen LogP) is 4.31. The Morgan fingerprint density at radius 1 is 1.11 bits per heavy atom. The van der Waals surface area contributed by atoms with E-state index in [-0.39, 0.29) is 0 Å². The molecular weight excluding hydrogens is 368 g/mol. The van der Waals surface area contributed by atoms with Crippen molar-refractivity contribution in [3.05, 3.63) is 62.5 Å². The molecule has 0 unspecified atom stereocenters. The topological polar surface area (TPSA) is 29.3 Å². The molecule has 0 spiro atoms. The van der Waals surface area contributed by atoms with Crippen LogP contribution < -0.4 is 10.6 Å². The second-order valence-electron chi connectivity index (χ2n) is 4.43. The first-order valence-electron chi connectivity index (χ1n) is 6.05. The summed E-state index contributed by atoms with van der Waals surface area (Å²) >= 11 is 7.06. The Kier molecular flexibility index (Phi) is 5.02. The molecule has 0 saturated carbocycles. The maximum atomic E-state index is 5.84. The molecule has 0 aliphatic heterocycles. The monoisotopic (exact) mass is 382 g/mol. The van der Waals surface area contributed by atoms with Gasteiger partial charge in [0.2, 0.25) is 0 Å². The van der Waals surface area contributed by atoms with Crippen molar-refractivity contribution < 1.29 is 0 Å². The Balaban J connectivity index is 2.25. The van der Waals surface area contributed by atoms with Crippen molar-refractivity contribution in [3.8, 4) is 0 Å². The Morgan fingerprint density at radius 2 is 1.84 bits per heavy atom. The molecule has 2 aromatic rings. The van der Waals surface area contributed by atoms with Gasteiger partial charge in [0.1, 0.15) is 0 Å². The summed E-state index contributed by atoms with van der Waals surface area (Å²) in [7, 11) is 2.09. The molecule has 2 rings (SSSR count). The van der Waals surface area contributed by atoms with Crippen LogP contribution in [0.15, 0.2) is 51.4 Å². The van der Waals surface area contributed by atoms with Gasteiger partial charge in [-0.1, -0.05) is 50.1 Å². The summed E-state index contributed by atoms with van der Waals surface area (Å²) < 4.78 is 2.17. The molecule has 19 heavy (non-hydrogen) atoms. The summed E-state index contributed by atoms with van der Waals surface area (Å²) in [4.78, 5) is 2.22. The maximum absolute atomic E-state index is 5.84. The molecule has 2 N–H and O–H groups in total. The van der Waals surface area contributed by atoms with E-state index >= 15 is 0 Å². The lowest BCUT2D eigenvalue weighted by atomic mass is 10.1. The number of rotatable bonds is 4. The Morgan fingerprint density at radius 3 is 2.53 bits per heavy atom. The van der Waals surface area contributed by atoms with E-state index in [0.717, 1.165) is 26.7 Å². The number of nitrogens with two attached hydrogens (primary N) is 1. The van der Waals surface area contributed by atoms with Crippen molar-refractivity contribution in [3.63, 3.8) is 0 Å². The fourth-order valence-electron chi connectivity index (χ4n) is 2.10. The van der Waals surface area contributed by atoms with E-state index in [0.29, 0.717) is 6.54 Å². The van der Waals surface area contributed by atoms with E-state index in [4.69, 9.17) is 5.73 Å². The van der Waals surface area contributed by atoms with Crippen molar-refractivity contribution in [1.29, 1.82) is 0 Å². The third-order valence-corrected chi connectivity index (χ3v) is 4.25. The van der Waals surface area contributed by atoms with E-state index in [1.165, 1.54) is 5.56 Å². The molecule has 100 valence electrons. The second-order valence-corrected chi connectivity index (χ2v) is 6.20. The number of halogens is 2. The van der Waals surface area contributed by atoms with E-state index in [1.807, 2.05) is 18.2 Å². The largest absolute Gasteiger partial charge is 0.370 e. The molecule has 0 atom stereocenters. The van der Waals surface area contributed by atoms with Gasteiger partial charge >= 0.3 is 0 Å². The van der Waals surface area contributed by atoms with E-state index in [2.05, 4.69) is 68.1 Å². The van der Waals surface area contributed by atoms with Crippen molar-refractivity contribution in [2.24, 2.45) is 5.73 Å². The number of anilines is 1. The van der Waals surface area contributed by atoms with Crippen LogP contribution >= 0.6 is 31.9 Å². The number of hydrogen-bond donors (Lipinski definition) is 1. The summed E-state index contributed by atoms with van der Waals surface area (Å²) in [6, 6.07) is 14.5. The Hall–Kier alpha value is -0.840. The van der Waals surface area contributed by atoms with Crippen LogP contribution in [-0.2, 0) is 13.1 Å². The summed E-state index contributed by atoms with van der Waals surface area (Å²) in [6.45, 7) is 1.38. The highest BCUT2D eigenvalue weighted by atomic mass is 79.9. The zero-order valence-corrected chi connectivity index (χ0v) is 13.9. The van der Waals surface area contributed by atoms with Crippen LogP contribution in [0.3, 0.4) is 0 Å². The maximum Gasteiger partial charge on any atom is 0.0426 e. The van der Waals surface area contributed by atoms with Crippen LogP contribution in [0.4, 0.5) is 5.69 Å². The molecular formula is C15H16Br2N2. The minimum absolute atomic E-state index is 0.527. The fraction of sp³-hybridized carbons (Fsp3) is 0.200. The van der Waals surface area contributed by atoms with Crippen molar-refractivity contribution in [2.45, 2.75) is 13.1 Å². The average Bonchev–Trinajstić information content (AvgIpc) is 2.38. The summed E-state index contributed by atoms with van der Waals surface area (Å²) in [5, 5.41) is 0. The molecule has 0 aliphatic rings. The predicted molar refractivity (Wildman–Crippen MR) is 88.3 cm³/mol. The van der Waals surface area contributed by atoms with Crippen LogP contribution in [0.25, 0.3) is 0 Å². The summed E-state index contributed by atoms with van der Waals surface area (Å²) in [5.41, 5.74) is 9.41. The second kappa shape index (κ2) is 6.55. The van der Waals surface area contributed by atoms with Gasteiger partial charge in [0, 0.05) is 40.3 Å². The third kappa shape index (κ3) is 3.59. The Labute approximate surface area is 130 Å². The van der Waals surface area contributed by atoms with Crippen LogP contribution in [0.2, 0.25) is 0 Å². The van der Waals surface area contributed by atoms with Gasteiger partial charge in [-0.25, -0.2) is 0 Å². The lowest BCUT2D eigenvalue weighted by Crippen LogP contribution is -2.19. The first kappa shape index (κ1) is 14.6. The molecule has 0 radical (unpaired) electrons. The zero-order chi connectivity index (χ0) is 13.8. The number of hydrogen-bond acceptors (Lipinski definition) is 2. The van der Waals surface area contributed by atoms with Gasteiger partial charge in [0.15, 0.2) is 0 Å². The minimum Gasteiger partial charge on any atom is -0.370 e. The van der Waals surface area contributed by atoms with Crippen LogP contribution in [0.5, 0.6) is 0 Å². The van der Waals surface area contributed by atoms with Crippen molar-refractivity contribution >= 4 is 37.5 Å². The third-order valence-electron chi connectivity index (χ3n) is 3.02. The molecule has 0 heterocycles. The van der Waals surface area contributed by atoms with Gasteiger partial charge in [-0.2, -0.15) is 0 Å². The van der Waals surface area contributed by atoms with Crippen LogP contribution in [-0.4, -0.2) is 7.05 Å². The van der Waals surface area contributed by atoms with E-state index in [1.54, 1.807) is 0 Å². The minimum atomic E-state index is 0.527. The molecule has 0 aliphatic carbocycles. The highest BCUT2D eigenvalue weighted by Gasteiger charge is 2.09. The molecule has 0 saturated heterocycles. The smallest absolute Gasteiger partial charge is 0.0426 e. The first-order valence-corrected chi connectivity index (χ1v) is 7.63. The Bertz CT molecular complexity index is 570. The standard InChI is InChI=1S/C15H16Br2N2/c1-19(10-11-4-2-5-12(16)8-11)15-7-3-6-14(17)13(15)9-18/h2-8H,9-10,18H2,1H3. The normalized spacial score (nSPS) is 10.5. The van der Waals surface area contributed by atoms with Gasteiger partial charge in [-0.3, -0.25) is 0 Å². The van der Waals surface area contributed by atoms with E-state index in [9.17, 15) is 0 Å². The van der Waals surface area contributed by atoms with Crippen LogP contribution in [0, 0.1) is 0 Å². The number of nitrogens with zero attached hydrogens (tertiary/aromatic N) is 1. The van der Waals surface area contributed by atoms with Crippen molar-refractivity contribution in [1.82, 2.24) is 0 Å². The van der Waals surface area contributed by atoms with Gasteiger partial charge < -0.3 is 10.6 Å². The highest BCUT2D eigenvalue weighted by molar-refractivity contribution is 9.10. The lowest BCUT2D eigenvalue weighted by molar-refractivity contribution is 0.901. The summed E-state index contributed by atoms with van der Waals surface area (Å²) in [6.07, 6.45) is 0. The average molecular weight is 384 g/mol. The molecule has 2 aromatic carbocycles. The molecule has 2 nitrogen and oxygen atoms in total. The molecule has 0 amide bonds. The SMILES string of the molecule is CN(Cc1cccc(Br)c1)c1cccc(Br)c1CN. The highest BCUT2D eigenvalue weighted by Crippen LogP contribution is 2.28. The van der Waals surface area contributed by atoms with Gasteiger partial charge in [-0.05, 0) is 29.8 Å². The summed E-state index contributed by atoms with van der Waals surface area (Å²) in [5.74, 6) is 0. The van der Waals surface area contributed by atoms with Gasteiger partial charge in [0.25, 0.3) is 0 Å². The first-order chi connectivity index (χ1) is 9.11. The number of benzene rings is 2. The quantitative estimate of drug-likeness (QED) is 0.852.